The first-order valence-corrected chi connectivity index (χ1v) is 9.99. The van der Waals surface area contributed by atoms with E-state index in [1.165, 1.54) is 0 Å². The molecular weight excluding hydrogens is 394 g/mol. The summed E-state index contributed by atoms with van der Waals surface area (Å²) >= 11 is 0. The summed E-state index contributed by atoms with van der Waals surface area (Å²) in [6.07, 6.45) is 2.87. The maximum Gasteiger partial charge on any atom is 0.227 e. The number of benzene rings is 2. The van der Waals surface area contributed by atoms with Gasteiger partial charge >= 0.3 is 0 Å². The summed E-state index contributed by atoms with van der Waals surface area (Å²) < 4.78 is 12.2. The van der Waals surface area contributed by atoms with Crippen molar-refractivity contribution in [3.8, 4) is 5.75 Å². The number of methoxy groups -OCH3 is 1. The van der Waals surface area contributed by atoms with Gasteiger partial charge in [0, 0.05) is 25.3 Å². The zero-order valence-electron chi connectivity index (χ0n) is 17.2. The second-order valence-electron chi connectivity index (χ2n) is 7.04. The molecule has 0 spiro atoms. The number of aromatic nitrogens is 4. The predicted octanol–water partition coefficient (Wildman–Crippen LogP) is 3.49. The molecule has 8 nitrogen and oxygen atoms in total. The minimum atomic E-state index is -0.140. The van der Waals surface area contributed by atoms with Crippen molar-refractivity contribution in [2.24, 2.45) is 0 Å². The lowest BCUT2D eigenvalue weighted by molar-refractivity contribution is -0.116. The molecule has 0 aliphatic heterocycles. The summed E-state index contributed by atoms with van der Waals surface area (Å²) in [7, 11) is 1.63. The van der Waals surface area contributed by atoms with E-state index in [-0.39, 0.29) is 12.3 Å². The van der Waals surface area contributed by atoms with Crippen molar-refractivity contribution >= 4 is 11.7 Å². The Hall–Kier alpha value is -3.94. The Bertz CT molecular complexity index is 1120. The van der Waals surface area contributed by atoms with E-state index in [0.29, 0.717) is 36.9 Å². The number of nitrogens with one attached hydrogen (secondary N) is 1. The van der Waals surface area contributed by atoms with Crippen LogP contribution >= 0.6 is 0 Å². The van der Waals surface area contributed by atoms with Crippen LogP contribution in [0.3, 0.4) is 0 Å². The summed E-state index contributed by atoms with van der Waals surface area (Å²) in [6, 6.07) is 19.4. The van der Waals surface area contributed by atoms with Crippen LogP contribution < -0.4 is 10.1 Å². The highest BCUT2D eigenvalue weighted by Crippen LogP contribution is 2.15. The number of amides is 1. The number of ether oxygens (including phenoxy) is 1. The first-order valence-electron chi connectivity index (χ1n) is 9.99. The van der Waals surface area contributed by atoms with E-state index < -0.39 is 0 Å². The molecule has 0 saturated carbocycles. The van der Waals surface area contributed by atoms with Gasteiger partial charge in [-0.3, -0.25) is 4.79 Å². The van der Waals surface area contributed by atoms with Gasteiger partial charge in [0.2, 0.25) is 11.8 Å². The van der Waals surface area contributed by atoms with Gasteiger partial charge in [-0.25, -0.2) is 4.68 Å². The van der Waals surface area contributed by atoms with Crippen LogP contribution in [0.5, 0.6) is 5.75 Å². The molecule has 4 aromatic rings. The predicted molar refractivity (Wildman–Crippen MR) is 115 cm³/mol. The van der Waals surface area contributed by atoms with E-state index in [2.05, 4.69) is 20.6 Å². The number of hydrogen-bond donors (Lipinski definition) is 1. The second-order valence-corrected chi connectivity index (χ2v) is 7.04. The van der Waals surface area contributed by atoms with Gasteiger partial charge in [0.25, 0.3) is 0 Å². The molecule has 0 aliphatic rings. The third-order valence-electron chi connectivity index (χ3n) is 4.76. The van der Waals surface area contributed by atoms with Gasteiger partial charge in [0.15, 0.2) is 5.82 Å². The summed E-state index contributed by atoms with van der Waals surface area (Å²) in [5, 5.41) is 11.2. The molecule has 0 aliphatic carbocycles. The quantitative estimate of drug-likeness (QED) is 0.448. The molecule has 0 bridgehead atoms. The Morgan fingerprint density at radius 1 is 1.06 bits per heavy atom. The van der Waals surface area contributed by atoms with Gasteiger partial charge < -0.3 is 14.6 Å². The molecule has 0 atom stereocenters. The first kappa shape index (κ1) is 20.3. The van der Waals surface area contributed by atoms with Crippen molar-refractivity contribution in [2.75, 3.05) is 12.4 Å². The Morgan fingerprint density at radius 3 is 2.65 bits per heavy atom. The topological polar surface area (TPSA) is 95.1 Å². The molecule has 0 radical (unpaired) electrons. The second kappa shape index (κ2) is 9.71. The van der Waals surface area contributed by atoms with Crippen LogP contribution in [0, 0.1) is 0 Å². The van der Waals surface area contributed by atoms with Crippen molar-refractivity contribution < 1.29 is 14.1 Å². The molecule has 2 aromatic heterocycles. The van der Waals surface area contributed by atoms with E-state index in [0.717, 1.165) is 16.9 Å². The van der Waals surface area contributed by atoms with E-state index in [1.54, 1.807) is 24.1 Å². The van der Waals surface area contributed by atoms with Gasteiger partial charge in [0.05, 0.1) is 19.9 Å². The largest absolute Gasteiger partial charge is 0.497 e. The van der Waals surface area contributed by atoms with Gasteiger partial charge in [-0.15, -0.1) is 0 Å². The zero-order chi connectivity index (χ0) is 21.5. The van der Waals surface area contributed by atoms with Crippen LogP contribution in [-0.4, -0.2) is 32.9 Å². The van der Waals surface area contributed by atoms with Crippen LogP contribution in [0.1, 0.15) is 29.3 Å². The normalized spacial score (nSPS) is 10.7. The average Bonchev–Trinajstić information content (AvgIpc) is 3.43. The summed E-state index contributed by atoms with van der Waals surface area (Å²) in [5.41, 5.74) is 2.16. The molecule has 0 fully saturated rings. The van der Waals surface area contributed by atoms with Crippen molar-refractivity contribution in [1.82, 2.24) is 19.9 Å². The summed E-state index contributed by atoms with van der Waals surface area (Å²) in [6.45, 7) is 0.541. The molecule has 158 valence electrons. The Balaban J connectivity index is 1.29. The number of anilines is 1. The van der Waals surface area contributed by atoms with E-state index in [9.17, 15) is 4.79 Å². The standard InChI is InChI=1S/C23H23N5O3/c1-30-19-9-7-18(8-10-19)16-28-21(13-14-24-28)26-22(29)11-12-23-25-20(27-31-23)15-17-5-3-2-4-6-17/h2-10,13-14H,11-12,15-16H2,1H3,(H,26,29). The lowest BCUT2D eigenvalue weighted by atomic mass is 10.1. The molecule has 2 aromatic carbocycles. The molecule has 2 heterocycles. The summed E-state index contributed by atoms with van der Waals surface area (Å²) in [4.78, 5) is 16.8. The first-order chi connectivity index (χ1) is 15.2. The molecule has 1 N–H and O–H groups in total. The fourth-order valence-corrected chi connectivity index (χ4v) is 3.14. The van der Waals surface area contributed by atoms with Crippen LogP contribution in [0.4, 0.5) is 5.82 Å². The highest BCUT2D eigenvalue weighted by molar-refractivity contribution is 5.89. The molecule has 1 amide bonds. The van der Waals surface area contributed by atoms with E-state index >= 15 is 0 Å². The smallest absolute Gasteiger partial charge is 0.227 e. The monoisotopic (exact) mass is 417 g/mol. The molecular formula is C23H23N5O3. The third kappa shape index (κ3) is 5.57. The lowest BCUT2D eigenvalue weighted by Gasteiger charge is -2.09. The number of nitrogens with zero attached hydrogens (tertiary/aromatic N) is 4. The lowest BCUT2D eigenvalue weighted by Crippen LogP contribution is -2.16. The molecule has 0 unspecified atom stereocenters. The zero-order valence-corrected chi connectivity index (χ0v) is 17.2. The Kier molecular flexibility index (Phi) is 6.37. The molecule has 31 heavy (non-hydrogen) atoms. The van der Waals surface area contributed by atoms with Crippen molar-refractivity contribution in [3.05, 3.63) is 89.7 Å². The average molecular weight is 417 g/mol. The molecule has 8 heteroatoms. The van der Waals surface area contributed by atoms with Gasteiger partial charge in [-0.1, -0.05) is 47.6 Å². The minimum Gasteiger partial charge on any atom is -0.497 e. The molecule has 0 saturated heterocycles. The fourth-order valence-electron chi connectivity index (χ4n) is 3.14. The van der Waals surface area contributed by atoms with Gasteiger partial charge in [-0.05, 0) is 23.3 Å². The summed E-state index contributed by atoms with van der Waals surface area (Å²) in [5.74, 6) is 2.35. The Labute approximate surface area is 179 Å². The third-order valence-corrected chi connectivity index (χ3v) is 4.76. The van der Waals surface area contributed by atoms with Crippen LogP contribution in [0.25, 0.3) is 0 Å². The number of aryl methyl sites for hydroxylation is 1. The number of carbonyl (C=O) groups is 1. The highest BCUT2D eigenvalue weighted by atomic mass is 16.5. The van der Waals surface area contributed by atoms with Gasteiger partial charge in [-0.2, -0.15) is 10.1 Å². The Morgan fingerprint density at radius 2 is 1.87 bits per heavy atom. The maximum absolute atomic E-state index is 12.4. The van der Waals surface area contributed by atoms with Crippen LogP contribution in [0.15, 0.2) is 71.4 Å². The van der Waals surface area contributed by atoms with E-state index in [4.69, 9.17) is 9.26 Å². The van der Waals surface area contributed by atoms with Crippen LogP contribution in [0.2, 0.25) is 0 Å². The number of carbonyl (C=O) groups excluding carboxylic acids is 1. The van der Waals surface area contributed by atoms with Crippen molar-refractivity contribution in [2.45, 2.75) is 25.8 Å². The molecule has 4 rings (SSSR count). The fraction of sp³-hybridized carbons (Fsp3) is 0.217. The number of rotatable bonds is 9. The maximum atomic E-state index is 12.4. The van der Waals surface area contributed by atoms with E-state index in [1.807, 2.05) is 54.6 Å². The SMILES string of the molecule is COc1ccc(Cn2nccc2NC(=O)CCc2nc(Cc3ccccc3)no2)cc1. The van der Waals surface area contributed by atoms with Crippen molar-refractivity contribution in [3.63, 3.8) is 0 Å². The highest BCUT2D eigenvalue weighted by Gasteiger charge is 2.12. The van der Waals surface area contributed by atoms with Crippen LogP contribution in [-0.2, 0) is 24.2 Å². The van der Waals surface area contributed by atoms with Gasteiger partial charge in [0.1, 0.15) is 11.6 Å². The minimum absolute atomic E-state index is 0.140. The van der Waals surface area contributed by atoms with Crippen molar-refractivity contribution in [1.29, 1.82) is 0 Å². The number of hydrogen-bond acceptors (Lipinski definition) is 6.